The van der Waals surface area contributed by atoms with E-state index in [2.05, 4.69) is 46.8 Å². The van der Waals surface area contributed by atoms with Crippen molar-refractivity contribution >= 4 is 23.3 Å². The van der Waals surface area contributed by atoms with Crippen molar-refractivity contribution in [3.05, 3.63) is 51.0 Å². The van der Waals surface area contributed by atoms with Crippen LogP contribution < -0.4 is 10.6 Å². The van der Waals surface area contributed by atoms with Gasteiger partial charge in [0.25, 0.3) is 0 Å². The third kappa shape index (κ3) is 4.08. The third-order valence-corrected chi connectivity index (χ3v) is 7.32. The van der Waals surface area contributed by atoms with Gasteiger partial charge in [0, 0.05) is 13.1 Å². The number of carbonyl (C=O) groups excluding carboxylic acids is 1. The van der Waals surface area contributed by atoms with Gasteiger partial charge in [-0.1, -0.05) is 24.3 Å². The first-order valence-corrected chi connectivity index (χ1v) is 11.6. The first kappa shape index (κ1) is 20.8. The molecule has 0 amide bonds. The van der Waals surface area contributed by atoms with E-state index in [1.165, 1.54) is 28.9 Å². The van der Waals surface area contributed by atoms with Crippen LogP contribution in [0.3, 0.4) is 0 Å². The summed E-state index contributed by atoms with van der Waals surface area (Å²) in [6.07, 6.45) is 1.19. The second-order valence-corrected chi connectivity index (χ2v) is 9.06. The number of carbonyl (C=O) groups is 1. The lowest BCUT2D eigenvalue weighted by Gasteiger charge is -2.16. The first-order valence-electron chi connectivity index (χ1n) is 10.8. The zero-order valence-electron chi connectivity index (χ0n) is 18.1. The fourth-order valence-electron chi connectivity index (χ4n) is 4.50. The Bertz CT molecular complexity index is 954. The molecular weight excluding hydrogens is 396 g/mol. The zero-order valence-corrected chi connectivity index (χ0v) is 18.9. The Hall–Kier alpha value is -2.41. The second-order valence-electron chi connectivity index (χ2n) is 8.03. The van der Waals surface area contributed by atoms with Gasteiger partial charge in [0.15, 0.2) is 5.96 Å². The molecule has 2 aliphatic rings. The Kier molecular flexibility index (Phi) is 6.09. The number of hydrogen-bond acceptors (Lipinski definition) is 5. The lowest BCUT2D eigenvalue weighted by molar-refractivity contribution is 0.0531. The number of aryl methyl sites for hydroxylation is 1. The number of rotatable bonds is 7. The number of aromatic nitrogens is 1. The van der Waals surface area contributed by atoms with Crippen molar-refractivity contribution in [2.24, 2.45) is 16.8 Å². The molecule has 1 aromatic carbocycles. The quantitative estimate of drug-likeness (QED) is 0.400. The van der Waals surface area contributed by atoms with Crippen molar-refractivity contribution in [3.8, 4) is 0 Å². The molecule has 0 saturated heterocycles. The zero-order chi connectivity index (χ0) is 21.3. The molecule has 6 nitrogen and oxygen atoms in total. The summed E-state index contributed by atoms with van der Waals surface area (Å²) in [6.45, 7) is 9.76. The smallest absolute Gasteiger partial charge is 0.350 e. The first-order chi connectivity index (χ1) is 14.5. The van der Waals surface area contributed by atoms with Crippen LogP contribution in [0.4, 0.5) is 0 Å². The van der Waals surface area contributed by atoms with Crippen molar-refractivity contribution < 1.29 is 9.53 Å². The van der Waals surface area contributed by atoms with Crippen LogP contribution in [0.1, 0.15) is 64.2 Å². The van der Waals surface area contributed by atoms with E-state index in [0.29, 0.717) is 29.0 Å². The van der Waals surface area contributed by atoms with E-state index in [-0.39, 0.29) is 12.0 Å². The topological polar surface area (TPSA) is 75.6 Å². The number of guanidine groups is 1. The van der Waals surface area contributed by atoms with Crippen molar-refractivity contribution in [2.45, 2.75) is 46.1 Å². The Morgan fingerprint density at radius 1 is 1.37 bits per heavy atom. The molecule has 1 aromatic heterocycles. The Labute approximate surface area is 182 Å². The summed E-state index contributed by atoms with van der Waals surface area (Å²) in [5, 5.41) is 7.65. The van der Waals surface area contributed by atoms with Gasteiger partial charge in [-0.25, -0.2) is 9.78 Å². The largest absolute Gasteiger partial charge is 0.462 e. The van der Waals surface area contributed by atoms with Gasteiger partial charge in [0.2, 0.25) is 0 Å². The molecular formula is C23H30N4O2S. The van der Waals surface area contributed by atoms with E-state index in [0.717, 1.165) is 30.0 Å². The molecule has 2 N–H and O–H groups in total. The molecule has 0 spiro atoms. The van der Waals surface area contributed by atoms with Crippen LogP contribution in [0.5, 0.6) is 0 Å². The monoisotopic (exact) mass is 426 g/mol. The Morgan fingerprint density at radius 2 is 2.17 bits per heavy atom. The number of thiazole rings is 1. The molecule has 160 valence electrons. The number of aliphatic imine (C=N–C) groups is 1. The van der Waals surface area contributed by atoms with Crippen molar-refractivity contribution in [1.82, 2.24) is 15.6 Å². The van der Waals surface area contributed by atoms with E-state index < -0.39 is 0 Å². The van der Waals surface area contributed by atoms with Gasteiger partial charge in [-0.05, 0) is 63.0 Å². The predicted octanol–water partition coefficient (Wildman–Crippen LogP) is 3.83. The molecule has 0 bridgehead atoms. The number of ether oxygens (including phenoxy) is 1. The Morgan fingerprint density at radius 3 is 2.93 bits per heavy atom. The SMILES string of the molecule is CCNC(=NCC1C2Cc3ccccc3C12)NC(C)c1nc(C)c(C(=O)OCC)s1. The van der Waals surface area contributed by atoms with Crippen LogP contribution in [-0.2, 0) is 11.2 Å². The number of nitrogens with zero attached hydrogens (tertiary/aromatic N) is 2. The van der Waals surface area contributed by atoms with Crippen LogP contribution in [0, 0.1) is 18.8 Å². The van der Waals surface area contributed by atoms with Crippen molar-refractivity contribution in [3.63, 3.8) is 0 Å². The number of benzene rings is 1. The maximum Gasteiger partial charge on any atom is 0.350 e. The van der Waals surface area contributed by atoms with Gasteiger partial charge in [0.05, 0.1) is 18.3 Å². The highest BCUT2D eigenvalue weighted by Gasteiger charge is 2.54. The summed E-state index contributed by atoms with van der Waals surface area (Å²) in [7, 11) is 0. The summed E-state index contributed by atoms with van der Waals surface area (Å²) in [6, 6.07) is 8.78. The summed E-state index contributed by atoms with van der Waals surface area (Å²) < 4.78 is 5.13. The van der Waals surface area contributed by atoms with Gasteiger partial charge in [-0.15, -0.1) is 11.3 Å². The minimum absolute atomic E-state index is 0.0471. The fourth-order valence-corrected chi connectivity index (χ4v) is 5.47. The van der Waals surface area contributed by atoms with E-state index in [1.807, 2.05) is 20.8 Å². The molecule has 4 unspecified atom stereocenters. The minimum Gasteiger partial charge on any atom is -0.462 e. The standard InChI is InChI=1S/C23H30N4O2S/c1-5-24-23(25-12-18-17-11-15-9-7-8-10-16(15)19(17)18)27-14(4)21-26-13(3)20(30-21)22(28)29-6-2/h7-10,14,17-19H,5-6,11-12H2,1-4H3,(H2,24,25,27). The summed E-state index contributed by atoms with van der Waals surface area (Å²) in [4.78, 5) is 22.1. The van der Waals surface area contributed by atoms with Crippen LogP contribution in [0.25, 0.3) is 0 Å². The summed E-state index contributed by atoms with van der Waals surface area (Å²) in [5.74, 6) is 2.57. The maximum absolute atomic E-state index is 12.1. The predicted molar refractivity (Wildman–Crippen MR) is 120 cm³/mol. The van der Waals surface area contributed by atoms with E-state index >= 15 is 0 Å². The van der Waals surface area contributed by atoms with Gasteiger partial charge in [0.1, 0.15) is 9.88 Å². The molecule has 0 radical (unpaired) electrons. The van der Waals surface area contributed by atoms with E-state index in [4.69, 9.17) is 9.73 Å². The van der Waals surface area contributed by atoms with Crippen molar-refractivity contribution in [1.29, 1.82) is 0 Å². The van der Waals surface area contributed by atoms with Gasteiger partial charge < -0.3 is 15.4 Å². The highest BCUT2D eigenvalue weighted by atomic mass is 32.1. The number of nitrogens with one attached hydrogen (secondary N) is 2. The molecule has 1 fully saturated rings. The van der Waals surface area contributed by atoms with Crippen LogP contribution in [0.2, 0.25) is 0 Å². The van der Waals surface area contributed by atoms with Crippen LogP contribution in [0.15, 0.2) is 29.3 Å². The van der Waals surface area contributed by atoms with Gasteiger partial charge >= 0.3 is 5.97 Å². The van der Waals surface area contributed by atoms with E-state index in [1.54, 1.807) is 0 Å². The average Bonchev–Trinajstić information content (AvgIpc) is 3.06. The van der Waals surface area contributed by atoms with E-state index in [9.17, 15) is 4.79 Å². The fraction of sp³-hybridized carbons (Fsp3) is 0.522. The molecule has 2 aromatic rings. The molecule has 4 rings (SSSR count). The van der Waals surface area contributed by atoms with Crippen LogP contribution >= 0.6 is 11.3 Å². The normalized spacial score (nSPS) is 22.8. The highest BCUT2D eigenvalue weighted by molar-refractivity contribution is 7.13. The van der Waals surface area contributed by atoms with Gasteiger partial charge in [-0.3, -0.25) is 4.99 Å². The van der Waals surface area contributed by atoms with Crippen molar-refractivity contribution in [2.75, 3.05) is 19.7 Å². The molecule has 4 atom stereocenters. The third-order valence-electron chi connectivity index (χ3n) is 6.00. The number of esters is 1. The summed E-state index contributed by atoms with van der Waals surface area (Å²) >= 11 is 1.39. The minimum atomic E-state index is -0.299. The molecule has 0 aliphatic heterocycles. The lowest BCUT2D eigenvalue weighted by atomic mass is 10.0. The number of fused-ring (bicyclic) bond motifs is 3. The molecule has 7 heteroatoms. The maximum atomic E-state index is 12.1. The molecule has 1 saturated carbocycles. The average molecular weight is 427 g/mol. The Balaban J connectivity index is 1.39. The molecule has 30 heavy (non-hydrogen) atoms. The van der Waals surface area contributed by atoms with Gasteiger partial charge in [-0.2, -0.15) is 0 Å². The molecule has 1 heterocycles. The molecule has 2 aliphatic carbocycles. The second kappa shape index (κ2) is 8.76. The highest BCUT2D eigenvalue weighted by Crippen LogP contribution is 2.61. The number of hydrogen-bond donors (Lipinski definition) is 2. The lowest BCUT2D eigenvalue weighted by Crippen LogP contribution is -2.39. The van der Waals surface area contributed by atoms with Crippen LogP contribution in [-0.4, -0.2) is 36.6 Å². The summed E-state index contributed by atoms with van der Waals surface area (Å²) in [5.41, 5.74) is 3.76.